The highest BCUT2D eigenvalue weighted by molar-refractivity contribution is 5.66. The fraction of sp³-hybridized carbons (Fsp3) is 0.267. The first-order valence-corrected chi connectivity index (χ1v) is 6.64. The van der Waals surface area contributed by atoms with Crippen LogP contribution in [0.4, 0.5) is 17.2 Å². The van der Waals surface area contributed by atoms with E-state index >= 15 is 0 Å². The molecule has 1 aromatic heterocycles. The molecular weight excluding hydrogens is 254 g/mol. The summed E-state index contributed by atoms with van der Waals surface area (Å²) in [5.41, 5.74) is 2.80. The average molecular weight is 271 g/mol. The number of anilines is 2. The van der Waals surface area contributed by atoms with Crippen LogP contribution < -0.4 is 5.32 Å². The SMILES string of the molecule is CCc1cccc(Nc2nc(CC)ccc2[N+](=O)[O-])c1. The van der Waals surface area contributed by atoms with E-state index in [4.69, 9.17) is 0 Å². The molecule has 0 saturated carbocycles. The van der Waals surface area contributed by atoms with Crippen molar-refractivity contribution in [3.63, 3.8) is 0 Å². The van der Waals surface area contributed by atoms with Crippen LogP contribution in [0.1, 0.15) is 25.1 Å². The first-order chi connectivity index (χ1) is 9.63. The number of rotatable bonds is 5. The lowest BCUT2D eigenvalue weighted by Crippen LogP contribution is -2.02. The molecule has 0 bridgehead atoms. The summed E-state index contributed by atoms with van der Waals surface area (Å²) in [6, 6.07) is 11.0. The third kappa shape index (κ3) is 3.12. The van der Waals surface area contributed by atoms with Crippen molar-refractivity contribution in [1.29, 1.82) is 0 Å². The van der Waals surface area contributed by atoms with E-state index in [1.807, 2.05) is 31.2 Å². The van der Waals surface area contributed by atoms with E-state index in [1.54, 1.807) is 6.07 Å². The van der Waals surface area contributed by atoms with Crippen molar-refractivity contribution in [3.8, 4) is 0 Å². The molecule has 0 aliphatic heterocycles. The topological polar surface area (TPSA) is 68.1 Å². The minimum absolute atomic E-state index is 0.0101. The number of hydrogen-bond donors (Lipinski definition) is 1. The zero-order valence-corrected chi connectivity index (χ0v) is 11.6. The van der Waals surface area contributed by atoms with Gasteiger partial charge in [-0.25, -0.2) is 4.98 Å². The molecule has 1 N–H and O–H groups in total. The van der Waals surface area contributed by atoms with Gasteiger partial charge in [0.25, 0.3) is 0 Å². The summed E-state index contributed by atoms with van der Waals surface area (Å²) in [7, 11) is 0. The van der Waals surface area contributed by atoms with Gasteiger partial charge in [0, 0.05) is 17.4 Å². The standard InChI is InChI=1S/C15H17N3O2/c1-3-11-6-5-7-13(10-11)17-15-14(18(19)20)9-8-12(4-2)16-15/h5-10H,3-4H2,1-2H3,(H,16,17). The largest absolute Gasteiger partial charge is 0.334 e. The molecular formula is C15H17N3O2. The Labute approximate surface area is 117 Å². The van der Waals surface area contributed by atoms with Gasteiger partial charge in [0.1, 0.15) is 0 Å². The Hall–Kier alpha value is -2.43. The van der Waals surface area contributed by atoms with Gasteiger partial charge in [-0.05, 0) is 36.6 Å². The molecule has 20 heavy (non-hydrogen) atoms. The Bertz CT molecular complexity index is 626. The van der Waals surface area contributed by atoms with Gasteiger partial charge in [-0.3, -0.25) is 10.1 Å². The highest BCUT2D eigenvalue weighted by atomic mass is 16.6. The predicted molar refractivity (Wildman–Crippen MR) is 79.4 cm³/mol. The molecule has 0 atom stereocenters. The summed E-state index contributed by atoms with van der Waals surface area (Å²) in [5, 5.41) is 14.1. The third-order valence-corrected chi connectivity index (χ3v) is 3.09. The van der Waals surface area contributed by atoms with Crippen LogP contribution in [-0.4, -0.2) is 9.91 Å². The normalized spacial score (nSPS) is 10.3. The van der Waals surface area contributed by atoms with E-state index in [0.717, 1.165) is 24.2 Å². The van der Waals surface area contributed by atoms with Gasteiger partial charge in [-0.15, -0.1) is 0 Å². The second kappa shape index (κ2) is 6.14. The quantitative estimate of drug-likeness (QED) is 0.662. The summed E-state index contributed by atoms with van der Waals surface area (Å²) in [5.74, 6) is 0.294. The average Bonchev–Trinajstić information content (AvgIpc) is 2.47. The Morgan fingerprint density at radius 2 is 2.00 bits per heavy atom. The lowest BCUT2D eigenvalue weighted by atomic mass is 10.1. The summed E-state index contributed by atoms with van der Waals surface area (Å²) >= 11 is 0. The van der Waals surface area contributed by atoms with Gasteiger partial charge in [-0.1, -0.05) is 26.0 Å². The summed E-state index contributed by atoms with van der Waals surface area (Å²) in [4.78, 5) is 15.0. The first-order valence-electron chi connectivity index (χ1n) is 6.64. The Balaban J connectivity index is 2.37. The lowest BCUT2D eigenvalue weighted by Gasteiger charge is -2.08. The van der Waals surface area contributed by atoms with Crippen molar-refractivity contribution in [2.24, 2.45) is 0 Å². The monoisotopic (exact) mass is 271 g/mol. The number of pyridine rings is 1. The molecule has 0 aliphatic rings. The van der Waals surface area contributed by atoms with Crippen molar-refractivity contribution in [3.05, 3.63) is 57.8 Å². The number of hydrogen-bond acceptors (Lipinski definition) is 4. The van der Waals surface area contributed by atoms with E-state index in [9.17, 15) is 10.1 Å². The zero-order valence-electron chi connectivity index (χ0n) is 11.6. The Morgan fingerprint density at radius 3 is 2.65 bits per heavy atom. The number of aryl methyl sites for hydroxylation is 2. The summed E-state index contributed by atoms with van der Waals surface area (Å²) in [6.07, 6.45) is 1.65. The molecule has 0 saturated heterocycles. The minimum Gasteiger partial charge on any atom is -0.334 e. The molecule has 0 spiro atoms. The van der Waals surface area contributed by atoms with Crippen molar-refractivity contribution in [1.82, 2.24) is 4.98 Å². The van der Waals surface area contributed by atoms with E-state index in [0.29, 0.717) is 5.82 Å². The molecule has 1 aromatic carbocycles. The minimum atomic E-state index is -0.418. The number of nitro groups is 1. The molecule has 5 heteroatoms. The van der Waals surface area contributed by atoms with Crippen LogP contribution in [0.5, 0.6) is 0 Å². The smallest absolute Gasteiger partial charge is 0.311 e. The van der Waals surface area contributed by atoms with Crippen LogP contribution in [-0.2, 0) is 12.8 Å². The number of nitrogens with one attached hydrogen (secondary N) is 1. The number of nitrogens with zero attached hydrogens (tertiary/aromatic N) is 2. The molecule has 0 fully saturated rings. The van der Waals surface area contributed by atoms with Gasteiger partial charge in [0.05, 0.1) is 4.92 Å². The molecule has 2 rings (SSSR count). The molecule has 1 heterocycles. The first kappa shape index (κ1) is 14.0. The molecule has 0 radical (unpaired) electrons. The number of benzene rings is 1. The van der Waals surface area contributed by atoms with Crippen molar-refractivity contribution in [2.75, 3.05) is 5.32 Å². The van der Waals surface area contributed by atoms with Gasteiger partial charge < -0.3 is 5.32 Å². The number of aromatic nitrogens is 1. The Kier molecular flexibility index (Phi) is 4.30. The summed E-state index contributed by atoms with van der Waals surface area (Å²) in [6.45, 7) is 4.03. The van der Waals surface area contributed by atoms with E-state index < -0.39 is 4.92 Å². The maximum absolute atomic E-state index is 11.1. The maximum atomic E-state index is 11.1. The molecule has 0 aliphatic carbocycles. The lowest BCUT2D eigenvalue weighted by molar-refractivity contribution is -0.384. The van der Waals surface area contributed by atoms with Gasteiger partial charge in [-0.2, -0.15) is 0 Å². The maximum Gasteiger partial charge on any atom is 0.311 e. The molecule has 5 nitrogen and oxygen atoms in total. The molecule has 2 aromatic rings. The van der Waals surface area contributed by atoms with Gasteiger partial charge in [0.2, 0.25) is 5.82 Å². The van der Waals surface area contributed by atoms with Crippen LogP contribution >= 0.6 is 0 Å². The third-order valence-electron chi connectivity index (χ3n) is 3.09. The summed E-state index contributed by atoms with van der Waals surface area (Å²) < 4.78 is 0. The zero-order chi connectivity index (χ0) is 14.5. The van der Waals surface area contributed by atoms with E-state index in [2.05, 4.69) is 17.2 Å². The second-order valence-corrected chi connectivity index (χ2v) is 4.46. The molecule has 0 amide bonds. The van der Waals surface area contributed by atoms with Crippen LogP contribution in [0.25, 0.3) is 0 Å². The van der Waals surface area contributed by atoms with Crippen LogP contribution in [0.15, 0.2) is 36.4 Å². The Morgan fingerprint density at radius 1 is 1.20 bits per heavy atom. The molecule has 104 valence electrons. The highest BCUT2D eigenvalue weighted by Crippen LogP contribution is 2.26. The van der Waals surface area contributed by atoms with Crippen molar-refractivity contribution >= 4 is 17.2 Å². The molecule has 0 unspecified atom stereocenters. The van der Waals surface area contributed by atoms with Crippen LogP contribution in [0, 0.1) is 10.1 Å². The van der Waals surface area contributed by atoms with Gasteiger partial charge in [0.15, 0.2) is 0 Å². The second-order valence-electron chi connectivity index (χ2n) is 4.46. The van der Waals surface area contributed by atoms with E-state index in [-0.39, 0.29) is 5.69 Å². The van der Waals surface area contributed by atoms with E-state index in [1.165, 1.54) is 11.6 Å². The fourth-order valence-corrected chi connectivity index (χ4v) is 1.93. The predicted octanol–water partition coefficient (Wildman–Crippen LogP) is 3.86. The van der Waals surface area contributed by atoms with Crippen molar-refractivity contribution in [2.45, 2.75) is 26.7 Å². The van der Waals surface area contributed by atoms with Crippen LogP contribution in [0.3, 0.4) is 0 Å². The van der Waals surface area contributed by atoms with Gasteiger partial charge >= 0.3 is 5.69 Å². The highest BCUT2D eigenvalue weighted by Gasteiger charge is 2.15. The van der Waals surface area contributed by atoms with Crippen LogP contribution in [0.2, 0.25) is 0 Å². The van der Waals surface area contributed by atoms with Crippen molar-refractivity contribution < 1.29 is 4.92 Å². The fourth-order valence-electron chi connectivity index (χ4n) is 1.93.